The fraction of sp³-hybridized carbons (Fsp3) is 0.615. The van der Waals surface area contributed by atoms with Crippen molar-refractivity contribution in [3.8, 4) is 6.07 Å². The average Bonchev–Trinajstić information content (AvgIpc) is 2.89. The fourth-order valence-electron chi connectivity index (χ4n) is 2.80. The van der Waals surface area contributed by atoms with E-state index in [1.807, 2.05) is 6.07 Å². The molecule has 2 atom stereocenters. The van der Waals surface area contributed by atoms with Crippen molar-refractivity contribution in [3.63, 3.8) is 0 Å². The molecule has 1 heterocycles. The fourth-order valence-corrected chi connectivity index (χ4v) is 2.80. The van der Waals surface area contributed by atoms with Crippen LogP contribution in [0.5, 0.6) is 0 Å². The van der Waals surface area contributed by atoms with E-state index in [9.17, 15) is 0 Å². The molecule has 0 bridgehead atoms. The van der Waals surface area contributed by atoms with Crippen LogP contribution < -0.4 is 10.6 Å². The van der Waals surface area contributed by atoms with Crippen LogP contribution in [0.2, 0.25) is 0 Å². The second-order valence-corrected chi connectivity index (χ2v) is 4.65. The minimum Gasteiger partial charge on any atom is -0.352 e. The standard InChI is InChI=1S/C13H19N5/c1-2-18(12-5-3-4-10(12)6-14)13-9-16-11(7-15)8-17-13/h8-10,12H,2-6,14H2,1H3. The number of hydrogen-bond acceptors (Lipinski definition) is 5. The van der Waals surface area contributed by atoms with Crippen molar-refractivity contribution in [2.24, 2.45) is 11.7 Å². The molecule has 0 saturated heterocycles. The Kier molecular flexibility index (Phi) is 4.11. The van der Waals surface area contributed by atoms with Gasteiger partial charge in [-0.1, -0.05) is 6.42 Å². The van der Waals surface area contributed by atoms with Crippen LogP contribution in [0.15, 0.2) is 12.4 Å². The van der Waals surface area contributed by atoms with Gasteiger partial charge in [0.1, 0.15) is 11.9 Å². The largest absolute Gasteiger partial charge is 0.352 e. The Morgan fingerprint density at radius 2 is 2.28 bits per heavy atom. The monoisotopic (exact) mass is 245 g/mol. The number of aromatic nitrogens is 2. The number of nitrogens with two attached hydrogens (primary N) is 1. The predicted octanol–water partition coefficient (Wildman–Crippen LogP) is 1.30. The Balaban J connectivity index is 2.19. The third kappa shape index (κ3) is 2.44. The zero-order valence-electron chi connectivity index (χ0n) is 10.7. The minimum absolute atomic E-state index is 0.358. The lowest BCUT2D eigenvalue weighted by molar-refractivity contribution is 0.459. The van der Waals surface area contributed by atoms with Gasteiger partial charge in [0.2, 0.25) is 0 Å². The van der Waals surface area contributed by atoms with Gasteiger partial charge in [0.05, 0.1) is 12.4 Å². The molecule has 1 aromatic rings. The van der Waals surface area contributed by atoms with Gasteiger partial charge >= 0.3 is 0 Å². The second kappa shape index (κ2) is 5.78. The summed E-state index contributed by atoms with van der Waals surface area (Å²) < 4.78 is 0. The first-order chi connectivity index (χ1) is 8.80. The Hall–Kier alpha value is -1.67. The van der Waals surface area contributed by atoms with E-state index in [1.54, 1.807) is 6.20 Å². The molecule has 18 heavy (non-hydrogen) atoms. The molecule has 5 nitrogen and oxygen atoms in total. The highest BCUT2D eigenvalue weighted by atomic mass is 15.2. The van der Waals surface area contributed by atoms with Gasteiger partial charge in [-0.25, -0.2) is 9.97 Å². The molecule has 1 saturated carbocycles. The van der Waals surface area contributed by atoms with Gasteiger partial charge in [-0.15, -0.1) is 0 Å². The topological polar surface area (TPSA) is 78.8 Å². The SMILES string of the molecule is CCN(c1cnc(C#N)cn1)C1CCCC1CN. The van der Waals surface area contributed by atoms with Gasteiger partial charge in [-0.2, -0.15) is 5.26 Å². The van der Waals surface area contributed by atoms with E-state index in [1.165, 1.54) is 19.0 Å². The highest BCUT2D eigenvalue weighted by Crippen LogP contribution is 2.31. The average molecular weight is 245 g/mol. The quantitative estimate of drug-likeness (QED) is 0.865. The zero-order valence-corrected chi connectivity index (χ0v) is 10.7. The van der Waals surface area contributed by atoms with Gasteiger partial charge < -0.3 is 10.6 Å². The normalized spacial score (nSPS) is 22.7. The second-order valence-electron chi connectivity index (χ2n) is 4.65. The van der Waals surface area contributed by atoms with E-state index in [0.29, 0.717) is 17.7 Å². The Labute approximate surface area is 108 Å². The van der Waals surface area contributed by atoms with Crippen LogP contribution in [0.4, 0.5) is 5.82 Å². The first-order valence-corrected chi connectivity index (χ1v) is 6.49. The van der Waals surface area contributed by atoms with Crippen LogP contribution in [-0.4, -0.2) is 29.1 Å². The summed E-state index contributed by atoms with van der Waals surface area (Å²) in [6, 6.07) is 2.45. The molecule has 96 valence electrons. The van der Waals surface area contributed by atoms with Crippen LogP contribution >= 0.6 is 0 Å². The van der Waals surface area contributed by atoms with E-state index in [2.05, 4.69) is 21.8 Å². The lowest BCUT2D eigenvalue weighted by Gasteiger charge is -2.32. The summed E-state index contributed by atoms with van der Waals surface area (Å²) in [4.78, 5) is 10.7. The number of nitrogens with zero attached hydrogens (tertiary/aromatic N) is 4. The predicted molar refractivity (Wildman–Crippen MR) is 70.0 cm³/mol. The summed E-state index contributed by atoms with van der Waals surface area (Å²) in [5.41, 5.74) is 6.19. The highest BCUT2D eigenvalue weighted by molar-refractivity contribution is 5.39. The maximum Gasteiger partial charge on any atom is 0.158 e. The lowest BCUT2D eigenvalue weighted by Crippen LogP contribution is -2.40. The molecule has 1 aromatic heterocycles. The minimum atomic E-state index is 0.358. The summed E-state index contributed by atoms with van der Waals surface area (Å²) in [7, 11) is 0. The first kappa shape index (κ1) is 12.8. The number of hydrogen-bond donors (Lipinski definition) is 1. The Bertz CT molecular complexity index is 422. The van der Waals surface area contributed by atoms with Crippen molar-refractivity contribution in [3.05, 3.63) is 18.1 Å². The van der Waals surface area contributed by atoms with Gasteiger partial charge in [0, 0.05) is 12.6 Å². The lowest BCUT2D eigenvalue weighted by atomic mass is 10.0. The van der Waals surface area contributed by atoms with E-state index in [0.717, 1.165) is 25.3 Å². The molecular weight excluding hydrogens is 226 g/mol. The number of rotatable bonds is 4. The molecule has 0 aliphatic heterocycles. The smallest absolute Gasteiger partial charge is 0.158 e. The van der Waals surface area contributed by atoms with Crippen molar-refractivity contribution in [2.75, 3.05) is 18.0 Å². The Morgan fingerprint density at radius 1 is 1.44 bits per heavy atom. The van der Waals surface area contributed by atoms with E-state index in [4.69, 9.17) is 11.0 Å². The molecule has 2 N–H and O–H groups in total. The van der Waals surface area contributed by atoms with Crippen molar-refractivity contribution in [2.45, 2.75) is 32.2 Å². The first-order valence-electron chi connectivity index (χ1n) is 6.49. The third-order valence-corrected chi connectivity index (χ3v) is 3.71. The maximum atomic E-state index is 8.73. The van der Waals surface area contributed by atoms with Crippen molar-refractivity contribution < 1.29 is 0 Å². The third-order valence-electron chi connectivity index (χ3n) is 3.71. The van der Waals surface area contributed by atoms with Gasteiger partial charge in [0.25, 0.3) is 0 Å². The van der Waals surface area contributed by atoms with E-state index in [-0.39, 0.29) is 0 Å². The molecule has 5 heteroatoms. The molecular formula is C13H19N5. The summed E-state index contributed by atoms with van der Waals surface area (Å²) in [5.74, 6) is 1.39. The summed E-state index contributed by atoms with van der Waals surface area (Å²) in [6.07, 6.45) is 6.81. The van der Waals surface area contributed by atoms with Crippen LogP contribution in [0.3, 0.4) is 0 Å². The van der Waals surface area contributed by atoms with Gasteiger partial charge in [0.15, 0.2) is 5.69 Å². The van der Waals surface area contributed by atoms with Crippen LogP contribution in [-0.2, 0) is 0 Å². The summed E-state index contributed by atoms with van der Waals surface area (Å²) >= 11 is 0. The molecule has 0 amide bonds. The van der Waals surface area contributed by atoms with Gasteiger partial charge in [-0.05, 0) is 32.2 Å². The summed E-state index contributed by atoms with van der Waals surface area (Å²) in [5, 5.41) is 8.73. The van der Waals surface area contributed by atoms with Crippen LogP contribution in [0.1, 0.15) is 31.9 Å². The molecule has 0 aromatic carbocycles. The number of nitriles is 1. The maximum absolute atomic E-state index is 8.73. The number of anilines is 1. The molecule has 1 aliphatic carbocycles. The Morgan fingerprint density at radius 3 is 2.83 bits per heavy atom. The van der Waals surface area contributed by atoms with Crippen molar-refractivity contribution in [1.82, 2.24) is 9.97 Å². The molecule has 2 unspecified atom stereocenters. The molecule has 1 fully saturated rings. The van der Waals surface area contributed by atoms with Crippen LogP contribution in [0, 0.1) is 17.2 Å². The van der Waals surface area contributed by atoms with E-state index < -0.39 is 0 Å². The summed E-state index contributed by atoms with van der Waals surface area (Å²) in [6.45, 7) is 3.73. The molecule has 2 rings (SSSR count). The highest BCUT2D eigenvalue weighted by Gasteiger charge is 2.31. The van der Waals surface area contributed by atoms with Crippen LogP contribution in [0.25, 0.3) is 0 Å². The van der Waals surface area contributed by atoms with Crippen molar-refractivity contribution in [1.29, 1.82) is 5.26 Å². The van der Waals surface area contributed by atoms with Crippen molar-refractivity contribution >= 4 is 5.82 Å². The zero-order chi connectivity index (χ0) is 13.0. The molecule has 1 aliphatic rings. The van der Waals surface area contributed by atoms with E-state index >= 15 is 0 Å². The molecule has 0 radical (unpaired) electrons. The molecule has 0 spiro atoms. The van der Waals surface area contributed by atoms with Gasteiger partial charge in [-0.3, -0.25) is 0 Å².